The zero-order chi connectivity index (χ0) is 15.8. The first-order chi connectivity index (χ1) is 9.65. The Kier molecular flexibility index (Phi) is 4.22. The summed E-state index contributed by atoms with van der Waals surface area (Å²) < 4.78 is 26.8. The van der Waals surface area contributed by atoms with Gasteiger partial charge in [0.2, 0.25) is 10.0 Å². The lowest BCUT2D eigenvalue weighted by Gasteiger charge is -2.28. The summed E-state index contributed by atoms with van der Waals surface area (Å²) in [7, 11) is -2.09. The fraction of sp³-hybridized carbons (Fsp3) is 0.600. The molecule has 3 N–H and O–H groups in total. The van der Waals surface area contributed by atoms with Crippen molar-refractivity contribution in [1.82, 2.24) is 4.72 Å². The van der Waals surface area contributed by atoms with E-state index < -0.39 is 10.0 Å². The number of anilines is 2. The maximum absolute atomic E-state index is 12.2. The molecule has 0 radical (unpaired) electrons. The van der Waals surface area contributed by atoms with Gasteiger partial charge in [-0.25, -0.2) is 13.1 Å². The van der Waals surface area contributed by atoms with E-state index in [4.69, 9.17) is 5.73 Å². The maximum Gasteiger partial charge on any atom is 0.242 e. The van der Waals surface area contributed by atoms with Crippen LogP contribution in [0.25, 0.3) is 0 Å². The van der Waals surface area contributed by atoms with Gasteiger partial charge in [-0.05, 0) is 43.0 Å². The van der Waals surface area contributed by atoms with Crippen molar-refractivity contribution in [3.05, 3.63) is 18.2 Å². The van der Waals surface area contributed by atoms with Crippen LogP contribution in [0.4, 0.5) is 11.4 Å². The number of rotatable bonds is 3. The Morgan fingerprint density at radius 2 is 2.00 bits per heavy atom. The summed E-state index contributed by atoms with van der Waals surface area (Å²) in [4.78, 5) is 2.42. The number of nitrogens with zero attached hydrogens (tertiary/aromatic N) is 1. The molecule has 1 fully saturated rings. The fourth-order valence-electron chi connectivity index (χ4n) is 2.80. The van der Waals surface area contributed by atoms with Gasteiger partial charge in [0.25, 0.3) is 0 Å². The Balaban J connectivity index is 2.38. The van der Waals surface area contributed by atoms with E-state index in [1.807, 2.05) is 6.07 Å². The summed E-state index contributed by atoms with van der Waals surface area (Å²) in [6, 6.07) is 5.10. The number of nitrogen functional groups attached to an aromatic ring is 1. The molecule has 0 amide bonds. The van der Waals surface area contributed by atoms with Gasteiger partial charge in [0, 0.05) is 18.8 Å². The van der Waals surface area contributed by atoms with E-state index in [1.54, 1.807) is 6.07 Å². The van der Waals surface area contributed by atoms with Crippen LogP contribution in [0.2, 0.25) is 0 Å². The third kappa shape index (κ3) is 3.32. The molecule has 1 atom stereocenters. The number of benzene rings is 1. The van der Waals surface area contributed by atoms with Crippen molar-refractivity contribution < 1.29 is 8.42 Å². The summed E-state index contributed by atoms with van der Waals surface area (Å²) >= 11 is 0. The van der Waals surface area contributed by atoms with E-state index in [-0.39, 0.29) is 10.3 Å². The Morgan fingerprint density at radius 1 is 1.33 bits per heavy atom. The average molecular weight is 311 g/mol. The Labute approximate surface area is 127 Å². The van der Waals surface area contributed by atoms with Crippen molar-refractivity contribution in [2.75, 3.05) is 30.8 Å². The number of hydrogen-bond acceptors (Lipinski definition) is 4. The maximum atomic E-state index is 12.2. The normalized spacial score (nSPS) is 20.0. The highest BCUT2D eigenvalue weighted by atomic mass is 32.2. The second-order valence-corrected chi connectivity index (χ2v) is 8.59. The van der Waals surface area contributed by atoms with Crippen molar-refractivity contribution in [3.8, 4) is 0 Å². The Bertz CT molecular complexity index is 620. The summed E-state index contributed by atoms with van der Waals surface area (Å²) in [5.41, 5.74) is 7.19. The van der Waals surface area contributed by atoms with Gasteiger partial charge in [0.1, 0.15) is 4.90 Å². The minimum atomic E-state index is -3.51. The second-order valence-electron chi connectivity index (χ2n) is 6.73. The number of sulfonamides is 1. The highest BCUT2D eigenvalue weighted by Gasteiger charge is 2.33. The van der Waals surface area contributed by atoms with E-state index in [1.165, 1.54) is 13.1 Å². The molecular weight excluding hydrogens is 286 g/mol. The van der Waals surface area contributed by atoms with Gasteiger partial charge in [-0.2, -0.15) is 0 Å². The van der Waals surface area contributed by atoms with Crippen LogP contribution in [0, 0.1) is 11.3 Å². The van der Waals surface area contributed by atoms with E-state index in [2.05, 4.69) is 30.4 Å². The SMILES string of the molecule is CNS(=O)(=O)c1cc(N)ccc1N1CCC(C(C)(C)C)C1. The summed E-state index contributed by atoms with van der Waals surface area (Å²) in [5.74, 6) is 0.556. The first-order valence-corrected chi connectivity index (χ1v) is 8.71. The zero-order valence-corrected chi connectivity index (χ0v) is 14.0. The van der Waals surface area contributed by atoms with Crippen LogP contribution in [-0.4, -0.2) is 28.6 Å². The molecule has 0 bridgehead atoms. The molecule has 6 heteroatoms. The minimum Gasteiger partial charge on any atom is -0.399 e. The van der Waals surface area contributed by atoms with Crippen molar-refractivity contribution in [2.45, 2.75) is 32.1 Å². The molecule has 5 nitrogen and oxygen atoms in total. The molecule has 2 rings (SSSR count). The summed E-state index contributed by atoms with van der Waals surface area (Å²) in [6.45, 7) is 8.44. The molecule has 0 aliphatic carbocycles. The van der Waals surface area contributed by atoms with E-state index in [0.717, 1.165) is 25.2 Å². The lowest BCUT2D eigenvalue weighted by Crippen LogP contribution is -2.28. The van der Waals surface area contributed by atoms with Crippen molar-refractivity contribution in [3.63, 3.8) is 0 Å². The van der Waals surface area contributed by atoms with Gasteiger partial charge in [-0.3, -0.25) is 0 Å². The van der Waals surface area contributed by atoms with Crippen molar-refractivity contribution in [2.24, 2.45) is 11.3 Å². The molecule has 0 saturated carbocycles. The van der Waals surface area contributed by atoms with E-state index >= 15 is 0 Å². The summed E-state index contributed by atoms with van der Waals surface area (Å²) in [6.07, 6.45) is 1.08. The third-order valence-electron chi connectivity index (χ3n) is 4.30. The van der Waals surface area contributed by atoms with E-state index in [0.29, 0.717) is 11.6 Å². The fourth-order valence-corrected chi connectivity index (χ4v) is 3.79. The first-order valence-electron chi connectivity index (χ1n) is 7.23. The van der Waals surface area contributed by atoms with Gasteiger partial charge >= 0.3 is 0 Å². The standard InChI is InChI=1S/C15H25N3O2S/c1-15(2,3)11-7-8-18(10-11)13-6-5-12(16)9-14(13)21(19,20)17-4/h5-6,9,11,17H,7-8,10,16H2,1-4H3. The molecule has 1 aromatic carbocycles. The lowest BCUT2D eigenvalue weighted by atomic mass is 9.80. The van der Waals surface area contributed by atoms with Crippen LogP contribution >= 0.6 is 0 Å². The molecule has 1 heterocycles. The summed E-state index contributed by atoms with van der Waals surface area (Å²) in [5, 5.41) is 0. The van der Waals surface area contributed by atoms with Gasteiger partial charge in [-0.1, -0.05) is 20.8 Å². The van der Waals surface area contributed by atoms with Crippen LogP contribution in [0.1, 0.15) is 27.2 Å². The van der Waals surface area contributed by atoms with Crippen LogP contribution in [0.5, 0.6) is 0 Å². The molecule has 0 spiro atoms. The predicted molar refractivity (Wildman–Crippen MR) is 86.9 cm³/mol. The van der Waals surface area contributed by atoms with E-state index in [9.17, 15) is 8.42 Å². The quantitative estimate of drug-likeness (QED) is 0.838. The minimum absolute atomic E-state index is 0.227. The number of hydrogen-bond donors (Lipinski definition) is 2. The molecule has 1 aliphatic heterocycles. The smallest absolute Gasteiger partial charge is 0.242 e. The molecular formula is C15H25N3O2S. The zero-order valence-electron chi connectivity index (χ0n) is 13.2. The largest absolute Gasteiger partial charge is 0.399 e. The lowest BCUT2D eigenvalue weighted by molar-refractivity contribution is 0.263. The van der Waals surface area contributed by atoms with Gasteiger partial charge in [0.15, 0.2) is 0 Å². The molecule has 1 saturated heterocycles. The molecule has 118 valence electrons. The third-order valence-corrected chi connectivity index (χ3v) is 5.74. The molecule has 21 heavy (non-hydrogen) atoms. The molecule has 0 aromatic heterocycles. The topological polar surface area (TPSA) is 75.4 Å². The van der Waals surface area contributed by atoms with Gasteiger partial charge < -0.3 is 10.6 Å². The Hall–Kier alpha value is -1.27. The number of nitrogens with one attached hydrogen (secondary N) is 1. The van der Waals surface area contributed by atoms with Crippen molar-refractivity contribution >= 4 is 21.4 Å². The molecule has 1 unspecified atom stereocenters. The van der Waals surface area contributed by atoms with Crippen LogP contribution < -0.4 is 15.4 Å². The molecule has 1 aliphatic rings. The van der Waals surface area contributed by atoms with Crippen LogP contribution in [0.3, 0.4) is 0 Å². The second kappa shape index (κ2) is 5.50. The monoisotopic (exact) mass is 311 g/mol. The molecule has 1 aromatic rings. The average Bonchev–Trinajstić information content (AvgIpc) is 2.88. The van der Waals surface area contributed by atoms with Crippen LogP contribution in [0.15, 0.2) is 23.1 Å². The predicted octanol–water partition coefficient (Wildman–Crippen LogP) is 2.05. The first kappa shape index (κ1) is 16.1. The van der Waals surface area contributed by atoms with Gasteiger partial charge in [0.05, 0.1) is 5.69 Å². The van der Waals surface area contributed by atoms with Gasteiger partial charge in [-0.15, -0.1) is 0 Å². The Morgan fingerprint density at radius 3 is 2.52 bits per heavy atom. The highest BCUT2D eigenvalue weighted by Crippen LogP contribution is 2.37. The highest BCUT2D eigenvalue weighted by molar-refractivity contribution is 7.89. The number of nitrogens with two attached hydrogens (primary N) is 1. The van der Waals surface area contributed by atoms with Crippen molar-refractivity contribution in [1.29, 1.82) is 0 Å². The van der Waals surface area contributed by atoms with Crippen LogP contribution in [-0.2, 0) is 10.0 Å².